The molecule has 0 unspecified atom stereocenters. The van der Waals surface area contributed by atoms with E-state index in [0.717, 1.165) is 34.9 Å². The van der Waals surface area contributed by atoms with Crippen LogP contribution in [-0.2, 0) is 31.1 Å². The Labute approximate surface area is 134 Å². The van der Waals surface area contributed by atoms with E-state index in [1.165, 1.54) is 29.8 Å². The average molecular weight is 318 g/mol. The first-order valence-electron chi connectivity index (χ1n) is 7.82. The first kappa shape index (κ1) is 15.2. The Balaban J connectivity index is 1.69. The molecule has 2 heterocycles. The second-order valence-corrected chi connectivity index (χ2v) is 7.03. The largest absolute Gasteiger partial charge is 0.302 e. The van der Waals surface area contributed by atoms with Crippen molar-refractivity contribution in [2.75, 3.05) is 5.32 Å². The summed E-state index contributed by atoms with van der Waals surface area (Å²) in [5.41, 5.74) is 4.16. The fraction of sp³-hybridized carbons (Fsp3) is 0.562. The van der Waals surface area contributed by atoms with Gasteiger partial charge in [-0.3, -0.25) is 9.48 Å². The topological polar surface area (TPSA) is 59.8 Å². The first-order valence-corrected chi connectivity index (χ1v) is 8.63. The van der Waals surface area contributed by atoms with Crippen LogP contribution in [0.15, 0.2) is 0 Å². The summed E-state index contributed by atoms with van der Waals surface area (Å²) < 4.78 is 1.82. The lowest BCUT2D eigenvalue weighted by molar-refractivity contribution is -0.115. The smallest absolute Gasteiger partial charge is 0.230 e. The van der Waals surface area contributed by atoms with E-state index in [-0.39, 0.29) is 5.91 Å². The maximum absolute atomic E-state index is 12.3. The molecule has 1 amide bonds. The van der Waals surface area contributed by atoms with Gasteiger partial charge in [0.15, 0.2) is 5.13 Å². The number of thiazole rings is 1. The number of anilines is 1. The van der Waals surface area contributed by atoms with Crippen LogP contribution in [0.4, 0.5) is 5.13 Å². The monoisotopic (exact) mass is 318 g/mol. The van der Waals surface area contributed by atoms with Crippen molar-refractivity contribution < 1.29 is 4.79 Å². The van der Waals surface area contributed by atoms with Gasteiger partial charge in [-0.25, -0.2) is 4.98 Å². The Morgan fingerprint density at radius 1 is 1.27 bits per heavy atom. The van der Waals surface area contributed by atoms with Gasteiger partial charge in [-0.1, -0.05) is 6.42 Å². The van der Waals surface area contributed by atoms with E-state index in [0.29, 0.717) is 6.42 Å². The standard InChI is InChI=1S/C16H22N4OS/c1-10-12(11(2)20(3)19-10)9-15(21)18-16-17-13-7-5-4-6-8-14(13)22-16/h4-9H2,1-3H3,(H,17,18,21). The van der Waals surface area contributed by atoms with Gasteiger partial charge in [0.25, 0.3) is 0 Å². The zero-order valence-corrected chi connectivity index (χ0v) is 14.2. The summed E-state index contributed by atoms with van der Waals surface area (Å²) in [4.78, 5) is 18.3. The molecule has 1 N–H and O–H groups in total. The number of aryl methyl sites for hydroxylation is 4. The summed E-state index contributed by atoms with van der Waals surface area (Å²) in [6, 6.07) is 0. The molecule has 1 aliphatic carbocycles. The van der Waals surface area contributed by atoms with Gasteiger partial charge in [0.05, 0.1) is 17.8 Å². The van der Waals surface area contributed by atoms with Gasteiger partial charge in [0, 0.05) is 23.2 Å². The van der Waals surface area contributed by atoms with Crippen molar-refractivity contribution >= 4 is 22.4 Å². The van der Waals surface area contributed by atoms with Crippen LogP contribution in [0.2, 0.25) is 0 Å². The van der Waals surface area contributed by atoms with Crippen molar-refractivity contribution in [1.29, 1.82) is 0 Å². The van der Waals surface area contributed by atoms with E-state index in [4.69, 9.17) is 0 Å². The molecule has 0 atom stereocenters. The molecule has 0 saturated carbocycles. The number of hydrogen-bond acceptors (Lipinski definition) is 4. The predicted octanol–water partition coefficient (Wildman–Crippen LogP) is 2.94. The second kappa shape index (κ2) is 6.20. The molecular formula is C16H22N4OS. The Morgan fingerprint density at radius 3 is 2.77 bits per heavy atom. The van der Waals surface area contributed by atoms with Crippen LogP contribution in [0.25, 0.3) is 0 Å². The molecule has 22 heavy (non-hydrogen) atoms. The zero-order chi connectivity index (χ0) is 15.7. The van der Waals surface area contributed by atoms with Gasteiger partial charge in [0.1, 0.15) is 0 Å². The molecule has 2 aromatic rings. The van der Waals surface area contributed by atoms with Crippen LogP contribution in [0.3, 0.4) is 0 Å². The lowest BCUT2D eigenvalue weighted by Crippen LogP contribution is -2.15. The number of hydrogen-bond donors (Lipinski definition) is 1. The summed E-state index contributed by atoms with van der Waals surface area (Å²) in [5, 5.41) is 8.07. The van der Waals surface area contributed by atoms with Crippen molar-refractivity contribution in [2.45, 2.75) is 52.4 Å². The third-order valence-corrected chi connectivity index (χ3v) is 5.41. The number of fused-ring (bicyclic) bond motifs is 1. The summed E-state index contributed by atoms with van der Waals surface area (Å²) in [6.07, 6.45) is 6.22. The summed E-state index contributed by atoms with van der Waals surface area (Å²) in [5.74, 6) is -0.0110. The summed E-state index contributed by atoms with van der Waals surface area (Å²) in [6.45, 7) is 3.94. The Morgan fingerprint density at radius 2 is 2.05 bits per heavy atom. The minimum Gasteiger partial charge on any atom is -0.302 e. The van der Waals surface area contributed by atoms with E-state index >= 15 is 0 Å². The Bertz CT molecular complexity index is 678. The highest BCUT2D eigenvalue weighted by molar-refractivity contribution is 7.15. The van der Waals surface area contributed by atoms with Crippen LogP contribution in [-0.4, -0.2) is 20.7 Å². The van der Waals surface area contributed by atoms with Gasteiger partial charge in [-0.2, -0.15) is 5.10 Å². The zero-order valence-electron chi connectivity index (χ0n) is 13.4. The lowest BCUT2D eigenvalue weighted by Gasteiger charge is -2.03. The molecular weight excluding hydrogens is 296 g/mol. The van der Waals surface area contributed by atoms with Gasteiger partial charge >= 0.3 is 0 Å². The van der Waals surface area contributed by atoms with Crippen molar-refractivity contribution in [3.63, 3.8) is 0 Å². The molecule has 0 spiro atoms. The highest BCUT2D eigenvalue weighted by atomic mass is 32.1. The highest BCUT2D eigenvalue weighted by Crippen LogP contribution is 2.29. The quantitative estimate of drug-likeness (QED) is 0.885. The van der Waals surface area contributed by atoms with E-state index in [1.807, 2.05) is 25.6 Å². The average Bonchev–Trinajstić information content (AvgIpc) is 2.85. The summed E-state index contributed by atoms with van der Waals surface area (Å²) >= 11 is 1.64. The number of carbonyl (C=O) groups is 1. The molecule has 0 radical (unpaired) electrons. The molecule has 0 bridgehead atoms. The normalized spacial score (nSPS) is 14.5. The van der Waals surface area contributed by atoms with Crippen LogP contribution in [0, 0.1) is 13.8 Å². The molecule has 2 aromatic heterocycles. The number of nitrogens with one attached hydrogen (secondary N) is 1. The number of aromatic nitrogens is 3. The molecule has 118 valence electrons. The number of nitrogens with zero attached hydrogens (tertiary/aromatic N) is 3. The molecule has 0 fully saturated rings. The molecule has 3 rings (SSSR count). The Hall–Kier alpha value is -1.69. The van der Waals surface area contributed by atoms with Crippen LogP contribution >= 0.6 is 11.3 Å². The second-order valence-electron chi connectivity index (χ2n) is 5.95. The summed E-state index contributed by atoms with van der Waals surface area (Å²) in [7, 11) is 1.90. The molecule has 0 saturated heterocycles. The maximum atomic E-state index is 12.3. The van der Waals surface area contributed by atoms with Crippen molar-refractivity contribution in [1.82, 2.24) is 14.8 Å². The minimum absolute atomic E-state index is 0.0110. The lowest BCUT2D eigenvalue weighted by atomic mass is 10.1. The molecule has 0 aliphatic heterocycles. The third-order valence-electron chi connectivity index (χ3n) is 4.34. The van der Waals surface area contributed by atoms with E-state index in [2.05, 4.69) is 15.4 Å². The van der Waals surface area contributed by atoms with Gasteiger partial charge < -0.3 is 5.32 Å². The first-order chi connectivity index (χ1) is 10.5. The fourth-order valence-corrected chi connectivity index (χ4v) is 4.05. The molecule has 1 aliphatic rings. The molecule has 5 nitrogen and oxygen atoms in total. The van der Waals surface area contributed by atoms with Crippen LogP contribution < -0.4 is 5.32 Å². The van der Waals surface area contributed by atoms with Gasteiger partial charge in [-0.15, -0.1) is 11.3 Å². The van der Waals surface area contributed by atoms with E-state index in [1.54, 1.807) is 11.3 Å². The van der Waals surface area contributed by atoms with E-state index < -0.39 is 0 Å². The van der Waals surface area contributed by atoms with E-state index in [9.17, 15) is 4.79 Å². The van der Waals surface area contributed by atoms with Gasteiger partial charge in [-0.05, 0) is 39.5 Å². The minimum atomic E-state index is -0.0110. The molecule has 0 aromatic carbocycles. The van der Waals surface area contributed by atoms with Crippen LogP contribution in [0.5, 0.6) is 0 Å². The van der Waals surface area contributed by atoms with Crippen molar-refractivity contribution in [2.24, 2.45) is 7.05 Å². The SMILES string of the molecule is Cc1nn(C)c(C)c1CC(=O)Nc1nc2c(s1)CCCCC2. The van der Waals surface area contributed by atoms with Gasteiger partial charge in [0.2, 0.25) is 5.91 Å². The number of rotatable bonds is 3. The number of carbonyl (C=O) groups excluding carboxylic acids is 1. The highest BCUT2D eigenvalue weighted by Gasteiger charge is 2.17. The van der Waals surface area contributed by atoms with Crippen molar-refractivity contribution in [3.8, 4) is 0 Å². The van der Waals surface area contributed by atoms with Crippen molar-refractivity contribution in [3.05, 3.63) is 27.5 Å². The molecule has 6 heteroatoms. The maximum Gasteiger partial charge on any atom is 0.230 e. The Kier molecular flexibility index (Phi) is 4.29. The van der Waals surface area contributed by atoms with Crippen LogP contribution in [0.1, 0.15) is 46.8 Å². The predicted molar refractivity (Wildman–Crippen MR) is 88.4 cm³/mol. The fourth-order valence-electron chi connectivity index (χ4n) is 2.98. The third kappa shape index (κ3) is 3.06. The number of amides is 1.